The van der Waals surface area contributed by atoms with Gasteiger partial charge in [0, 0.05) is 32.1 Å². The first-order valence-corrected chi connectivity index (χ1v) is 4.94. The second kappa shape index (κ2) is 7.53. The van der Waals surface area contributed by atoms with Crippen molar-refractivity contribution in [2.75, 3.05) is 19.6 Å². The Morgan fingerprint density at radius 3 is 2.64 bits per heavy atom. The summed E-state index contributed by atoms with van der Waals surface area (Å²) in [4.78, 5) is 11.2. The molecular formula is C10H21N3O. The van der Waals surface area contributed by atoms with Gasteiger partial charge in [0.1, 0.15) is 0 Å². The average Bonchev–Trinajstić information content (AvgIpc) is 2.12. The van der Waals surface area contributed by atoms with Crippen LogP contribution in [0.15, 0.2) is 12.2 Å². The quantitative estimate of drug-likeness (QED) is 0.506. The van der Waals surface area contributed by atoms with E-state index in [4.69, 9.17) is 5.73 Å². The Morgan fingerprint density at radius 1 is 1.57 bits per heavy atom. The zero-order chi connectivity index (χ0) is 11.0. The smallest absolute Gasteiger partial charge is 0.221 e. The molecule has 0 aliphatic heterocycles. The van der Waals surface area contributed by atoms with Crippen molar-refractivity contribution in [3.8, 4) is 0 Å². The summed E-state index contributed by atoms with van der Waals surface area (Å²) >= 11 is 0. The van der Waals surface area contributed by atoms with Gasteiger partial charge < -0.3 is 16.4 Å². The van der Waals surface area contributed by atoms with Gasteiger partial charge in [-0.3, -0.25) is 4.79 Å². The monoisotopic (exact) mass is 199 g/mol. The number of nitrogens with one attached hydrogen (secondary N) is 2. The van der Waals surface area contributed by atoms with Gasteiger partial charge in [-0.25, -0.2) is 0 Å². The zero-order valence-corrected chi connectivity index (χ0v) is 9.10. The van der Waals surface area contributed by atoms with Gasteiger partial charge in [-0.2, -0.15) is 0 Å². The van der Waals surface area contributed by atoms with E-state index in [1.165, 1.54) is 0 Å². The second-order valence-corrected chi connectivity index (χ2v) is 3.43. The van der Waals surface area contributed by atoms with E-state index in [1.54, 1.807) is 0 Å². The molecule has 0 aromatic heterocycles. The van der Waals surface area contributed by atoms with Crippen LogP contribution >= 0.6 is 0 Å². The zero-order valence-electron chi connectivity index (χ0n) is 9.10. The Bertz CT molecular complexity index is 192. The number of hydrogen-bond donors (Lipinski definition) is 3. The SMILES string of the molecule is C=C(C)CNC(CN)CC(=O)NCC. The molecule has 0 aromatic rings. The molecule has 0 saturated carbocycles. The van der Waals surface area contributed by atoms with Crippen molar-refractivity contribution in [1.82, 2.24) is 10.6 Å². The van der Waals surface area contributed by atoms with Crippen LogP contribution in [-0.4, -0.2) is 31.6 Å². The molecule has 1 amide bonds. The Morgan fingerprint density at radius 2 is 2.21 bits per heavy atom. The molecule has 4 N–H and O–H groups in total. The molecule has 0 aliphatic carbocycles. The first-order valence-electron chi connectivity index (χ1n) is 4.94. The van der Waals surface area contributed by atoms with Gasteiger partial charge in [0.2, 0.25) is 5.91 Å². The fraction of sp³-hybridized carbons (Fsp3) is 0.700. The Balaban J connectivity index is 3.78. The molecule has 4 heteroatoms. The second-order valence-electron chi connectivity index (χ2n) is 3.43. The highest BCUT2D eigenvalue weighted by Crippen LogP contribution is 1.92. The van der Waals surface area contributed by atoms with Gasteiger partial charge >= 0.3 is 0 Å². The van der Waals surface area contributed by atoms with Crippen LogP contribution in [0.4, 0.5) is 0 Å². The molecule has 82 valence electrons. The lowest BCUT2D eigenvalue weighted by Crippen LogP contribution is -2.41. The lowest BCUT2D eigenvalue weighted by Gasteiger charge is -2.16. The van der Waals surface area contributed by atoms with Crippen molar-refractivity contribution in [3.63, 3.8) is 0 Å². The third-order valence-corrected chi connectivity index (χ3v) is 1.78. The fourth-order valence-corrected chi connectivity index (χ4v) is 1.05. The molecule has 1 unspecified atom stereocenters. The van der Waals surface area contributed by atoms with Gasteiger partial charge in [-0.05, 0) is 13.8 Å². The number of carbonyl (C=O) groups excluding carboxylic acids is 1. The summed E-state index contributed by atoms with van der Waals surface area (Å²) in [6, 6.07) is 0.0400. The summed E-state index contributed by atoms with van der Waals surface area (Å²) in [6.45, 7) is 9.45. The number of nitrogens with two attached hydrogens (primary N) is 1. The maximum atomic E-state index is 11.2. The van der Waals surface area contributed by atoms with Gasteiger partial charge in [0.15, 0.2) is 0 Å². The van der Waals surface area contributed by atoms with E-state index in [1.807, 2.05) is 13.8 Å². The molecule has 0 aliphatic rings. The van der Waals surface area contributed by atoms with E-state index in [9.17, 15) is 4.79 Å². The highest BCUT2D eigenvalue weighted by atomic mass is 16.1. The predicted octanol–water partition coefficient (Wildman–Crippen LogP) is 0.00560. The Kier molecular flexibility index (Phi) is 7.06. The highest BCUT2D eigenvalue weighted by molar-refractivity contribution is 5.76. The third kappa shape index (κ3) is 6.62. The van der Waals surface area contributed by atoms with Crippen molar-refractivity contribution >= 4 is 5.91 Å². The standard InChI is InChI=1S/C10H21N3O/c1-4-12-10(14)5-9(6-11)13-7-8(2)3/h9,13H,2,4-7,11H2,1,3H3,(H,12,14). The van der Waals surface area contributed by atoms with Crippen molar-refractivity contribution < 1.29 is 4.79 Å². The van der Waals surface area contributed by atoms with Crippen LogP contribution in [-0.2, 0) is 4.79 Å². The summed E-state index contributed by atoms with van der Waals surface area (Å²) in [6.07, 6.45) is 0.428. The lowest BCUT2D eigenvalue weighted by atomic mass is 10.2. The molecular weight excluding hydrogens is 178 g/mol. The van der Waals surface area contributed by atoms with E-state index < -0.39 is 0 Å². The van der Waals surface area contributed by atoms with E-state index >= 15 is 0 Å². The van der Waals surface area contributed by atoms with E-state index in [0.29, 0.717) is 26.1 Å². The average molecular weight is 199 g/mol. The first-order chi connectivity index (χ1) is 6.60. The van der Waals surface area contributed by atoms with E-state index in [-0.39, 0.29) is 11.9 Å². The van der Waals surface area contributed by atoms with Crippen molar-refractivity contribution in [3.05, 3.63) is 12.2 Å². The van der Waals surface area contributed by atoms with E-state index in [0.717, 1.165) is 5.57 Å². The molecule has 0 spiro atoms. The van der Waals surface area contributed by atoms with Gasteiger partial charge in [0.05, 0.1) is 0 Å². The van der Waals surface area contributed by atoms with Crippen LogP contribution in [0.3, 0.4) is 0 Å². The summed E-state index contributed by atoms with van der Waals surface area (Å²) in [5.41, 5.74) is 6.57. The maximum Gasteiger partial charge on any atom is 0.221 e. The number of hydrogen-bond acceptors (Lipinski definition) is 3. The minimum atomic E-state index is 0.0390. The third-order valence-electron chi connectivity index (χ3n) is 1.78. The summed E-state index contributed by atoms with van der Waals surface area (Å²) in [5.74, 6) is 0.0390. The number of rotatable bonds is 7. The van der Waals surface area contributed by atoms with Crippen LogP contribution in [0.5, 0.6) is 0 Å². The van der Waals surface area contributed by atoms with Gasteiger partial charge in [-0.15, -0.1) is 0 Å². The van der Waals surface area contributed by atoms with Gasteiger partial charge in [-0.1, -0.05) is 12.2 Å². The molecule has 0 aromatic carbocycles. The predicted molar refractivity (Wildman–Crippen MR) is 59.0 cm³/mol. The van der Waals surface area contributed by atoms with Crippen LogP contribution in [0.25, 0.3) is 0 Å². The Labute approximate surface area is 85.9 Å². The summed E-state index contributed by atoms with van der Waals surface area (Å²) in [7, 11) is 0. The van der Waals surface area contributed by atoms with E-state index in [2.05, 4.69) is 17.2 Å². The van der Waals surface area contributed by atoms with Crippen LogP contribution in [0.2, 0.25) is 0 Å². The molecule has 0 rings (SSSR count). The molecule has 14 heavy (non-hydrogen) atoms. The van der Waals surface area contributed by atoms with Crippen LogP contribution in [0, 0.1) is 0 Å². The molecule has 0 fully saturated rings. The molecule has 0 saturated heterocycles. The number of amides is 1. The van der Waals surface area contributed by atoms with Crippen molar-refractivity contribution in [1.29, 1.82) is 0 Å². The first kappa shape index (κ1) is 13.1. The van der Waals surface area contributed by atoms with Crippen molar-refractivity contribution in [2.24, 2.45) is 5.73 Å². The fourth-order valence-electron chi connectivity index (χ4n) is 1.05. The lowest BCUT2D eigenvalue weighted by molar-refractivity contribution is -0.121. The highest BCUT2D eigenvalue weighted by Gasteiger charge is 2.10. The topological polar surface area (TPSA) is 67.1 Å². The maximum absolute atomic E-state index is 11.2. The minimum Gasteiger partial charge on any atom is -0.356 e. The Hall–Kier alpha value is -0.870. The van der Waals surface area contributed by atoms with Crippen LogP contribution < -0.4 is 16.4 Å². The molecule has 0 radical (unpaired) electrons. The van der Waals surface area contributed by atoms with Crippen LogP contribution in [0.1, 0.15) is 20.3 Å². The number of carbonyl (C=O) groups is 1. The molecule has 0 bridgehead atoms. The van der Waals surface area contributed by atoms with Crippen molar-refractivity contribution in [2.45, 2.75) is 26.3 Å². The molecule has 4 nitrogen and oxygen atoms in total. The largest absolute Gasteiger partial charge is 0.356 e. The minimum absolute atomic E-state index is 0.0390. The molecule has 0 heterocycles. The normalized spacial score (nSPS) is 12.2. The summed E-state index contributed by atoms with van der Waals surface area (Å²) < 4.78 is 0. The summed E-state index contributed by atoms with van der Waals surface area (Å²) in [5, 5.41) is 5.91. The van der Waals surface area contributed by atoms with Gasteiger partial charge in [0.25, 0.3) is 0 Å². The molecule has 1 atom stereocenters.